The van der Waals surface area contributed by atoms with Crippen molar-refractivity contribution in [2.75, 3.05) is 58.6 Å². The van der Waals surface area contributed by atoms with Gasteiger partial charge in [-0.25, -0.2) is 0 Å². The molecule has 0 unspecified atom stereocenters. The van der Waals surface area contributed by atoms with Gasteiger partial charge in [0.15, 0.2) is 0 Å². The average molecular weight is 403 g/mol. The molecule has 7 heteroatoms. The molecule has 0 heterocycles. The molecule has 0 aliphatic carbocycles. The molecule has 0 saturated heterocycles. The van der Waals surface area contributed by atoms with Gasteiger partial charge in [-0.05, 0) is 48.5 Å². The standard InChI is InChI=1S/C13H18O5.C9H11NO/c14-5-6-16-7-8-17-9-10-18-13-3-1-12(11-15)2-4-13;1-10(2)9-5-3-8(7-11)4-6-9/h1-4,11,14H,5-10H2;3-7H,1-2H3. The van der Waals surface area contributed by atoms with Crippen molar-refractivity contribution in [1.82, 2.24) is 0 Å². The minimum atomic E-state index is 0.0277. The first-order valence-electron chi connectivity index (χ1n) is 9.27. The van der Waals surface area contributed by atoms with Crippen LogP contribution in [0.3, 0.4) is 0 Å². The van der Waals surface area contributed by atoms with E-state index in [1.165, 1.54) is 0 Å². The van der Waals surface area contributed by atoms with Crippen LogP contribution in [-0.2, 0) is 9.47 Å². The fourth-order valence-electron chi connectivity index (χ4n) is 2.10. The number of aliphatic hydroxyl groups is 1. The highest BCUT2D eigenvalue weighted by atomic mass is 16.5. The zero-order chi connectivity index (χ0) is 21.3. The Morgan fingerprint density at radius 1 is 0.759 bits per heavy atom. The number of aldehydes is 2. The van der Waals surface area contributed by atoms with Crippen LogP contribution in [0.5, 0.6) is 5.75 Å². The Morgan fingerprint density at radius 3 is 1.72 bits per heavy atom. The van der Waals surface area contributed by atoms with Gasteiger partial charge in [0.05, 0.1) is 33.0 Å². The summed E-state index contributed by atoms with van der Waals surface area (Å²) >= 11 is 0. The highest BCUT2D eigenvalue weighted by molar-refractivity contribution is 5.75. The molecule has 0 radical (unpaired) electrons. The molecule has 7 nitrogen and oxygen atoms in total. The second kappa shape index (κ2) is 15.2. The van der Waals surface area contributed by atoms with E-state index in [1.54, 1.807) is 24.3 Å². The van der Waals surface area contributed by atoms with E-state index in [2.05, 4.69) is 0 Å². The molecule has 29 heavy (non-hydrogen) atoms. The lowest BCUT2D eigenvalue weighted by Crippen LogP contribution is -2.11. The summed E-state index contributed by atoms with van der Waals surface area (Å²) < 4.78 is 15.7. The van der Waals surface area contributed by atoms with E-state index in [0.29, 0.717) is 44.3 Å². The number of hydrogen-bond acceptors (Lipinski definition) is 7. The fraction of sp³-hybridized carbons (Fsp3) is 0.364. The van der Waals surface area contributed by atoms with Gasteiger partial charge in [0.2, 0.25) is 0 Å². The number of nitrogens with zero attached hydrogens (tertiary/aromatic N) is 1. The Morgan fingerprint density at radius 2 is 1.24 bits per heavy atom. The average Bonchev–Trinajstić information content (AvgIpc) is 2.76. The third kappa shape index (κ3) is 11.0. The number of carbonyl (C=O) groups is 2. The summed E-state index contributed by atoms with van der Waals surface area (Å²) in [6, 6.07) is 14.3. The van der Waals surface area contributed by atoms with Crippen LogP contribution in [0.15, 0.2) is 48.5 Å². The molecule has 0 aliphatic rings. The SMILES string of the molecule is CN(C)c1ccc(C=O)cc1.O=Cc1ccc(OCCOCCOCCO)cc1. The van der Waals surface area contributed by atoms with Crippen LogP contribution in [0.4, 0.5) is 5.69 Å². The lowest BCUT2D eigenvalue weighted by Gasteiger charge is -2.11. The summed E-state index contributed by atoms with van der Waals surface area (Å²) in [5.41, 5.74) is 2.45. The molecule has 0 saturated carbocycles. The van der Waals surface area contributed by atoms with Crippen LogP contribution in [0.25, 0.3) is 0 Å². The maximum absolute atomic E-state index is 10.4. The van der Waals surface area contributed by atoms with E-state index in [-0.39, 0.29) is 6.61 Å². The lowest BCUT2D eigenvalue weighted by atomic mass is 10.2. The Bertz CT molecular complexity index is 685. The van der Waals surface area contributed by atoms with Gasteiger partial charge >= 0.3 is 0 Å². The van der Waals surface area contributed by atoms with E-state index in [9.17, 15) is 9.59 Å². The zero-order valence-corrected chi connectivity index (χ0v) is 17.0. The predicted molar refractivity (Wildman–Crippen MR) is 112 cm³/mol. The van der Waals surface area contributed by atoms with Crippen molar-refractivity contribution < 1.29 is 28.9 Å². The van der Waals surface area contributed by atoms with Crippen molar-refractivity contribution in [1.29, 1.82) is 0 Å². The Kier molecular flexibility index (Phi) is 12.7. The first-order chi connectivity index (χ1) is 14.1. The van der Waals surface area contributed by atoms with Crippen LogP contribution in [-0.4, -0.2) is 71.4 Å². The van der Waals surface area contributed by atoms with Crippen molar-refractivity contribution in [3.8, 4) is 5.75 Å². The van der Waals surface area contributed by atoms with Gasteiger partial charge in [-0.2, -0.15) is 0 Å². The quantitative estimate of drug-likeness (QED) is 0.430. The van der Waals surface area contributed by atoms with E-state index in [0.717, 1.165) is 23.8 Å². The molecule has 0 amide bonds. The normalized spacial score (nSPS) is 9.90. The van der Waals surface area contributed by atoms with Gasteiger partial charge in [-0.1, -0.05) is 0 Å². The maximum atomic E-state index is 10.4. The smallest absolute Gasteiger partial charge is 0.150 e. The second-order valence-electron chi connectivity index (χ2n) is 6.09. The number of carbonyl (C=O) groups excluding carboxylic acids is 2. The van der Waals surface area contributed by atoms with Gasteiger partial charge in [-0.3, -0.25) is 9.59 Å². The molecule has 158 valence electrons. The molecule has 0 aliphatic heterocycles. The number of hydrogen-bond donors (Lipinski definition) is 1. The maximum Gasteiger partial charge on any atom is 0.150 e. The highest BCUT2D eigenvalue weighted by Gasteiger charge is 1.95. The summed E-state index contributed by atoms with van der Waals surface area (Å²) in [6.07, 6.45) is 1.64. The molecule has 2 aromatic carbocycles. The third-order valence-electron chi connectivity index (χ3n) is 3.67. The van der Waals surface area contributed by atoms with E-state index >= 15 is 0 Å². The number of ether oxygens (including phenoxy) is 3. The topological polar surface area (TPSA) is 85.3 Å². The molecular weight excluding hydrogens is 374 g/mol. The first-order valence-corrected chi connectivity index (χ1v) is 9.27. The summed E-state index contributed by atoms with van der Waals surface area (Å²) in [5.74, 6) is 0.709. The number of aliphatic hydroxyl groups excluding tert-OH is 1. The lowest BCUT2D eigenvalue weighted by molar-refractivity contribution is 0.0247. The van der Waals surface area contributed by atoms with Gasteiger partial charge < -0.3 is 24.2 Å². The third-order valence-corrected chi connectivity index (χ3v) is 3.67. The van der Waals surface area contributed by atoms with Crippen LogP contribution in [0.2, 0.25) is 0 Å². The minimum absolute atomic E-state index is 0.0277. The fourth-order valence-corrected chi connectivity index (χ4v) is 2.10. The molecule has 2 rings (SSSR count). The minimum Gasteiger partial charge on any atom is -0.491 e. The van der Waals surface area contributed by atoms with Gasteiger partial charge in [0, 0.05) is 30.9 Å². The second-order valence-corrected chi connectivity index (χ2v) is 6.09. The van der Waals surface area contributed by atoms with Crippen molar-refractivity contribution in [3.63, 3.8) is 0 Å². The summed E-state index contributed by atoms with van der Waals surface area (Å²) in [6.45, 7) is 2.23. The molecule has 0 fully saturated rings. The Labute approximate surface area is 171 Å². The van der Waals surface area contributed by atoms with Crippen molar-refractivity contribution >= 4 is 18.3 Å². The van der Waals surface area contributed by atoms with Crippen molar-refractivity contribution in [3.05, 3.63) is 59.7 Å². The number of benzene rings is 2. The number of anilines is 1. The predicted octanol–water partition coefficient (Wildman–Crippen LogP) is 2.47. The Balaban J connectivity index is 0.000000326. The van der Waals surface area contributed by atoms with Crippen molar-refractivity contribution in [2.45, 2.75) is 0 Å². The van der Waals surface area contributed by atoms with Crippen LogP contribution >= 0.6 is 0 Å². The van der Waals surface area contributed by atoms with Crippen LogP contribution in [0.1, 0.15) is 20.7 Å². The zero-order valence-electron chi connectivity index (χ0n) is 17.0. The van der Waals surface area contributed by atoms with Crippen LogP contribution in [0, 0.1) is 0 Å². The van der Waals surface area contributed by atoms with E-state index in [4.69, 9.17) is 19.3 Å². The molecule has 0 atom stereocenters. The van der Waals surface area contributed by atoms with Crippen LogP contribution < -0.4 is 9.64 Å². The molecule has 0 spiro atoms. The summed E-state index contributed by atoms with van der Waals surface area (Å²) in [7, 11) is 3.94. The summed E-state index contributed by atoms with van der Waals surface area (Å²) in [4.78, 5) is 22.7. The monoisotopic (exact) mass is 403 g/mol. The largest absolute Gasteiger partial charge is 0.491 e. The molecular formula is C22H29NO6. The molecule has 1 N–H and O–H groups in total. The number of rotatable bonds is 12. The van der Waals surface area contributed by atoms with Crippen molar-refractivity contribution in [2.24, 2.45) is 0 Å². The van der Waals surface area contributed by atoms with E-state index in [1.807, 2.05) is 43.3 Å². The molecule has 0 aromatic heterocycles. The Hall–Kier alpha value is -2.74. The van der Waals surface area contributed by atoms with Gasteiger partial charge in [-0.15, -0.1) is 0 Å². The van der Waals surface area contributed by atoms with Gasteiger partial charge in [0.1, 0.15) is 24.9 Å². The summed E-state index contributed by atoms with van der Waals surface area (Å²) in [5, 5.41) is 8.46. The first kappa shape index (κ1) is 24.3. The molecule has 0 bridgehead atoms. The van der Waals surface area contributed by atoms with E-state index < -0.39 is 0 Å². The molecule has 2 aromatic rings. The highest BCUT2D eigenvalue weighted by Crippen LogP contribution is 2.11. The van der Waals surface area contributed by atoms with Gasteiger partial charge in [0.25, 0.3) is 0 Å².